The van der Waals surface area contributed by atoms with Gasteiger partial charge in [-0.05, 0) is 38.0 Å². The van der Waals surface area contributed by atoms with Gasteiger partial charge in [-0.15, -0.1) is 0 Å². The van der Waals surface area contributed by atoms with Crippen LogP contribution in [0.25, 0.3) is 0 Å². The van der Waals surface area contributed by atoms with Crippen LogP contribution in [0.4, 0.5) is 4.39 Å². The zero-order chi connectivity index (χ0) is 16.0. The van der Waals surface area contributed by atoms with Crippen molar-refractivity contribution in [3.8, 4) is 0 Å². The summed E-state index contributed by atoms with van der Waals surface area (Å²) in [5.74, 6) is -0.706. The summed E-state index contributed by atoms with van der Waals surface area (Å²) in [6, 6.07) is 5.56. The predicted octanol–water partition coefficient (Wildman–Crippen LogP) is 1.47. The number of halogens is 1. The summed E-state index contributed by atoms with van der Waals surface area (Å²) in [5.41, 5.74) is 0.297. The molecule has 120 valence electrons. The van der Waals surface area contributed by atoms with Gasteiger partial charge in [-0.2, -0.15) is 4.31 Å². The van der Waals surface area contributed by atoms with Crippen LogP contribution in [0.3, 0.4) is 0 Å². The maximum absolute atomic E-state index is 13.2. The van der Waals surface area contributed by atoms with E-state index in [1.807, 2.05) is 0 Å². The van der Waals surface area contributed by atoms with Crippen LogP contribution in [-0.2, 0) is 10.0 Å². The number of benzene rings is 1. The van der Waals surface area contributed by atoms with Crippen LogP contribution in [0, 0.1) is 5.82 Å². The highest BCUT2D eigenvalue weighted by atomic mass is 32.2. The minimum absolute atomic E-state index is 0.255. The van der Waals surface area contributed by atoms with Gasteiger partial charge in [0, 0.05) is 31.7 Å². The van der Waals surface area contributed by atoms with Crippen molar-refractivity contribution in [2.75, 3.05) is 26.2 Å². The lowest BCUT2D eigenvalue weighted by molar-refractivity contribution is 0.0697. The Kier molecular flexibility index (Phi) is 3.72. The second kappa shape index (κ2) is 5.31. The summed E-state index contributed by atoms with van der Waals surface area (Å²) < 4.78 is 38.9. The molecule has 22 heavy (non-hydrogen) atoms. The highest BCUT2D eigenvalue weighted by Crippen LogP contribution is 2.44. The lowest BCUT2D eigenvalue weighted by atomic mass is 10.2. The van der Waals surface area contributed by atoms with Crippen LogP contribution >= 0.6 is 0 Å². The van der Waals surface area contributed by atoms with Gasteiger partial charge in [0.25, 0.3) is 5.91 Å². The van der Waals surface area contributed by atoms with Gasteiger partial charge in [-0.25, -0.2) is 12.8 Å². The highest BCUT2D eigenvalue weighted by Gasteiger charge is 2.53. The second-order valence-corrected chi connectivity index (χ2v) is 8.61. The molecule has 0 unspecified atom stereocenters. The first kappa shape index (κ1) is 15.4. The summed E-state index contributed by atoms with van der Waals surface area (Å²) >= 11 is 0. The van der Waals surface area contributed by atoms with E-state index in [1.165, 1.54) is 22.5 Å². The first-order chi connectivity index (χ1) is 10.3. The Morgan fingerprint density at radius 2 is 1.82 bits per heavy atom. The summed E-state index contributed by atoms with van der Waals surface area (Å²) in [6.45, 7) is 3.06. The lowest BCUT2D eigenvalue weighted by Gasteiger charge is -2.35. The normalized spacial score (nSPS) is 21.6. The molecule has 2 fully saturated rings. The second-order valence-electron chi connectivity index (χ2n) is 6.16. The van der Waals surface area contributed by atoms with Gasteiger partial charge in [0.2, 0.25) is 10.0 Å². The summed E-state index contributed by atoms with van der Waals surface area (Å²) in [5, 5.41) is 0. The Labute approximate surface area is 129 Å². The molecule has 1 saturated carbocycles. The number of nitrogens with zero attached hydrogens (tertiary/aromatic N) is 2. The highest BCUT2D eigenvalue weighted by molar-refractivity contribution is 7.90. The van der Waals surface area contributed by atoms with Crippen molar-refractivity contribution < 1.29 is 17.6 Å². The minimum Gasteiger partial charge on any atom is -0.336 e. The molecule has 1 amide bonds. The van der Waals surface area contributed by atoms with Gasteiger partial charge in [0.05, 0.1) is 4.75 Å². The number of hydrogen-bond acceptors (Lipinski definition) is 3. The Balaban J connectivity index is 1.66. The monoisotopic (exact) mass is 326 g/mol. The fraction of sp³-hybridized carbons (Fsp3) is 0.533. The number of hydrogen-bond donors (Lipinski definition) is 0. The standard InChI is InChI=1S/C15H19FN2O3S/c1-15(5-6-15)22(20,21)18-9-7-17(8-10-18)14(19)12-3-2-4-13(16)11-12/h2-4,11H,5-10H2,1H3. The molecule has 3 rings (SSSR count). The van der Waals surface area contributed by atoms with E-state index in [2.05, 4.69) is 0 Å². The predicted molar refractivity (Wildman–Crippen MR) is 80.4 cm³/mol. The van der Waals surface area contributed by atoms with Crippen molar-refractivity contribution >= 4 is 15.9 Å². The Morgan fingerprint density at radius 3 is 2.36 bits per heavy atom. The lowest BCUT2D eigenvalue weighted by Crippen LogP contribution is -2.52. The van der Waals surface area contributed by atoms with E-state index in [9.17, 15) is 17.6 Å². The maximum atomic E-state index is 13.2. The topological polar surface area (TPSA) is 57.7 Å². The maximum Gasteiger partial charge on any atom is 0.254 e. The van der Waals surface area contributed by atoms with Crippen LogP contribution in [-0.4, -0.2) is 54.5 Å². The first-order valence-corrected chi connectivity index (χ1v) is 8.82. The summed E-state index contributed by atoms with van der Waals surface area (Å²) in [6.07, 6.45) is 1.41. The van der Waals surface area contributed by atoms with E-state index in [-0.39, 0.29) is 5.91 Å². The van der Waals surface area contributed by atoms with Crippen molar-refractivity contribution in [3.05, 3.63) is 35.6 Å². The fourth-order valence-corrected chi connectivity index (χ4v) is 4.57. The molecule has 2 aliphatic rings. The molecule has 1 aromatic carbocycles. The quantitative estimate of drug-likeness (QED) is 0.845. The summed E-state index contributed by atoms with van der Waals surface area (Å²) in [7, 11) is -3.27. The van der Waals surface area contributed by atoms with E-state index >= 15 is 0 Å². The van der Waals surface area contributed by atoms with E-state index in [0.29, 0.717) is 44.6 Å². The molecule has 0 N–H and O–H groups in total. The SMILES string of the molecule is CC1(S(=O)(=O)N2CCN(C(=O)c3cccc(F)c3)CC2)CC1. The van der Waals surface area contributed by atoms with Crippen molar-refractivity contribution in [2.45, 2.75) is 24.5 Å². The summed E-state index contributed by atoms with van der Waals surface area (Å²) in [4.78, 5) is 13.9. The molecule has 1 aromatic rings. The zero-order valence-electron chi connectivity index (χ0n) is 12.5. The molecular formula is C15H19FN2O3S. The van der Waals surface area contributed by atoms with Crippen molar-refractivity contribution in [2.24, 2.45) is 0 Å². The van der Waals surface area contributed by atoms with Gasteiger partial charge in [-0.3, -0.25) is 4.79 Å². The largest absolute Gasteiger partial charge is 0.336 e. The van der Waals surface area contributed by atoms with Crippen molar-refractivity contribution in [3.63, 3.8) is 0 Å². The fourth-order valence-electron chi connectivity index (χ4n) is 2.68. The third-order valence-corrected chi connectivity index (χ3v) is 7.21. The van der Waals surface area contributed by atoms with Crippen LogP contribution in [0.5, 0.6) is 0 Å². The molecule has 0 radical (unpaired) electrons. The smallest absolute Gasteiger partial charge is 0.254 e. The Bertz CT molecular complexity index is 692. The molecule has 0 bridgehead atoms. The molecule has 5 nitrogen and oxygen atoms in total. The zero-order valence-corrected chi connectivity index (χ0v) is 13.3. The minimum atomic E-state index is -3.27. The molecule has 0 atom stereocenters. The van der Waals surface area contributed by atoms with E-state index < -0.39 is 20.6 Å². The Hall–Kier alpha value is -1.47. The number of piperazine rings is 1. The van der Waals surface area contributed by atoms with Gasteiger partial charge in [-0.1, -0.05) is 6.07 Å². The first-order valence-electron chi connectivity index (χ1n) is 7.38. The Morgan fingerprint density at radius 1 is 1.18 bits per heavy atom. The van der Waals surface area contributed by atoms with Gasteiger partial charge < -0.3 is 4.90 Å². The van der Waals surface area contributed by atoms with Gasteiger partial charge >= 0.3 is 0 Å². The third kappa shape index (κ3) is 2.63. The third-order valence-electron chi connectivity index (χ3n) is 4.51. The van der Waals surface area contributed by atoms with Gasteiger partial charge in [0.15, 0.2) is 0 Å². The number of rotatable bonds is 3. The van der Waals surface area contributed by atoms with Crippen LogP contribution in [0.2, 0.25) is 0 Å². The van der Waals surface area contributed by atoms with E-state index in [1.54, 1.807) is 17.9 Å². The number of sulfonamides is 1. The van der Waals surface area contributed by atoms with E-state index in [0.717, 1.165) is 0 Å². The number of carbonyl (C=O) groups is 1. The average molecular weight is 326 g/mol. The van der Waals surface area contributed by atoms with Crippen LogP contribution < -0.4 is 0 Å². The molecule has 1 heterocycles. The average Bonchev–Trinajstić information content (AvgIpc) is 3.26. The molecule has 1 aliphatic carbocycles. The molecule has 0 aromatic heterocycles. The van der Waals surface area contributed by atoms with E-state index in [4.69, 9.17) is 0 Å². The molecule has 7 heteroatoms. The van der Waals surface area contributed by atoms with Gasteiger partial charge in [0.1, 0.15) is 5.82 Å². The molecular weight excluding hydrogens is 307 g/mol. The number of amides is 1. The molecule has 1 saturated heterocycles. The molecule has 0 spiro atoms. The van der Waals surface area contributed by atoms with Crippen LogP contribution in [0.15, 0.2) is 24.3 Å². The van der Waals surface area contributed by atoms with Crippen molar-refractivity contribution in [1.29, 1.82) is 0 Å². The van der Waals surface area contributed by atoms with Crippen LogP contribution in [0.1, 0.15) is 30.1 Å². The van der Waals surface area contributed by atoms with Crippen molar-refractivity contribution in [1.82, 2.24) is 9.21 Å². The molecule has 1 aliphatic heterocycles. The number of carbonyl (C=O) groups excluding carboxylic acids is 1.